The maximum absolute atomic E-state index is 12.2. The molecule has 0 radical (unpaired) electrons. The van der Waals surface area contributed by atoms with Gasteiger partial charge in [0.15, 0.2) is 0 Å². The van der Waals surface area contributed by atoms with E-state index in [1.165, 1.54) is 0 Å². The van der Waals surface area contributed by atoms with Gasteiger partial charge in [0.1, 0.15) is 12.4 Å². The lowest BCUT2D eigenvalue weighted by Crippen LogP contribution is -2.31. The average Bonchev–Trinajstić information content (AvgIpc) is 2.91. The number of nitrogens with one attached hydrogen (secondary N) is 1. The fourth-order valence-electron chi connectivity index (χ4n) is 2.65. The van der Waals surface area contributed by atoms with Gasteiger partial charge in [0.25, 0.3) is 0 Å². The summed E-state index contributed by atoms with van der Waals surface area (Å²) in [5.41, 5.74) is 2.07. The van der Waals surface area contributed by atoms with Crippen LogP contribution in [0.3, 0.4) is 0 Å². The van der Waals surface area contributed by atoms with Crippen molar-refractivity contribution in [3.8, 4) is 5.75 Å². The minimum atomic E-state index is -3.31. The van der Waals surface area contributed by atoms with Crippen molar-refractivity contribution in [1.29, 1.82) is 0 Å². The molecule has 0 amide bonds. The molecule has 0 aliphatic carbocycles. The smallest absolute Gasteiger partial charge is 0.212 e. The summed E-state index contributed by atoms with van der Waals surface area (Å²) in [6, 6.07) is 17.2. The molecular formula is C17H19NO3S. The number of para-hydroxylation sites is 1. The van der Waals surface area contributed by atoms with Gasteiger partial charge in [-0.15, -0.1) is 0 Å². The van der Waals surface area contributed by atoms with Crippen LogP contribution in [0.5, 0.6) is 5.75 Å². The first-order valence-corrected chi connectivity index (χ1v) is 9.05. The van der Waals surface area contributed by atoms with Gasteiger partial charge in [-0.3, -0.25) is 0 Å². The highest BCUT2D eigenvalue weighted by atomic mass is 32.2. The van der Waals surface area contributed by atoms with Crippen molar-refractivity contribution < 1.29 is 13.2 Å². The van der Waals surface area contributed by atoms with Crippen LogP contribution < -0.4 is 9.46 Å². The molecule has 1 atom stereocenters. The molecule has 0 fully saturated rings. The summed E-state index contributed by atoms with van der Waals surface area (Å²) in [7, 11) is -3.31. The Morgan fingerprint density at radius 2 is 1.77 bits per heavy atom. The standard InChI is InChI=1S/C17H19NO3S/c19-22(20,12-6-9-14-7-2-1-3-8-14)18-16-13-21-17-11-5-4-10-15(16)17/h1-5,7-8,10-11,16,18H,6,9,12-13H2. The number of aryl methyl sites for hydroxylation is 1. The second-order valence-corrected chi connectivity index (χ2v) is 7.30. The molecule has 1 aliphatic heterocycles. The first-order chi connectivity index (χ1) is 10.6. The zero-order chi connectivity index (χ0) is 15.4. The molecule has 0 bridgehead atoms. The van der Waals surface area contributed by atoms with Crippen LogP contribution in [0.1, 0.15) is 23.6 Å². The van der Waals surface area contributed by atoms with E-state index in [-0.39, 0.29) is 11.8 Å². The van der Waals surface area contributed by atoms with E-state index in [4.69, 9.17) is 4.74 Å². The van der Waals surface area contributed by atoms with Gasteiger partial charge in [0.05, 0.1) is 11.8 Å². The highest BCUT2D eigenvalue weighted by molar-refractivity contribution is 7.89. The molecule has 1 aliphatic rings. The van der Waals surface area contributed by atoms with Crippen molar-refractivity contribution in [1.82, 2.24) is 4.72 Å². The van der Waals surface area contributed by atoms with Gasteiger partial charge >= 0.3 is 0 Å². The van der Waals surface area contributed by atoms with Crippen molar-refractivity contribution in [2.45, 2.75) is 18.9 Å². The minimum Gasteiger partial charge on any atom is -0.491 e. The summed E-state index contributed by atoms with van der Waals surface area (Å²) in [6.45, 7) is 0.358. The Morgan fingerprint density at radius 3 is 2.59 bits per heavy atom. The van der Waals surface area contributed by atoms with Crippen molar-refractivity contribution >= 4 is 10.0 Å². The zero-order valence-corrected chi connectivity index (χ0v) is 13.1. The third kappa shape index (κ3) is 3.67. The van der Waals surface area contributed by atoms with Crippen LogP contribution in [0.25, 0.3) is 0 Å². The van der Waals surface area contributed by atoms with E-state index in [2.05, 4.69) is 4.72 Å². The SMILES string of the molecule is O=S(=O)(CCCc1ccccc1)NC1COc2ccccc21. The van der Waals surface area contributed by atoms with Crippen molar-refractivity contribution in [2.24, 2.45) is 0 Å². The minimum absolute atomic E-state index is 0.126. The lowest BCUT2D eigenvalue weighted by Gasteiger charge is -2.12. The number of sulfonamides is 1. The van der Waals surface area contributed by atoms with Crippen molar-refractivity contribution in [3.63, 3.8) is 0 Å². The lowest BCUT2D eigenvalue weighted by molar-refractivity contribution is 0.325. The predicted octanol–water partition coefficient (Wildman–Crippen LogP) is 2.67. The quantitative estimate of drug-likeness (QED) is 0.891. The molecule has 5 heteroatoms. The van der Waals surface area contributed by atoms with Crippen LogP contribution in [0.2, 0.25) is 0 Å². The Kier molecular flexibility index (Phi) is 4.45. The number of hydrogen-bond acceptors (Lipinski definition) is 3. The van der Waals surface area contributed by atoms with E-state index < -0.39 is 10.0 Å². The first-order valence-electron chi connectivity index (χ1n) is 7.40. The molecular weight excluding hydrogens is 298 g/mol. The van der Waals surface area contributed by atoms with Gasteiger partial charge in [0.2, 0.25) is 10.0 Å². The summed E-state index contributed by atoms with van der Waals surface area (Å²) in [5, 5.41) is 0. The van der Waals surface area contributed by atoms with E-state index in [1.54, 1.807) is 0 Å². The van der Waals surface area contributed by atoms with E-state index >= 15 is 0 Å². The molecule has 116 valence electrons. The summed E-state index contributed by atoms with van der Waals surface area (Å²) >= 11 is 0. The van der Waals surface area contributed by atoms with Crippen LogP contribution in [0, 0.1) is 0 Å². The predicted molar refractivity (Wildman–Crippen MR) is 86.4 cm³/mol. The number of ether oxygens (including phenoxy) is 1. The Bertz CT molecular complexity index is 729. The van der Waals surface area contributed by atoms with Crippen LogP contribution >= 0.6 is 0 Å². The molecule has 4 nitrogen and oxygen atoms in total. The van der Waals surface area contributed by atoms with E-state index in [9.17, 15) is 8.42 Å². The van der Waals surface area contributed by atoms with E-state index in [0.29, 0.717) is 13.0 Å². The zero-order valence-electron chi connectivity index (χ0n) is 12.2. The van der Waals surface area contributed by atoms with Gasteiger partial charge in [-0.25, -0.2) is 13.1 Å². The molecule has 0 aromatic heterocycles. The van der Waals surface area contributed by atoms with Crippen LogP contribution in [0.15, 0.2) is 54.6 Å². The molecule has 2 aromatic rings. The molecule has 0 saturated heterocycles. The van der Waals surface area contributed by atoms with Gasteiger partial charge < -0.3 is 4.74 Å². The van der Waals surface area contributed by atoms with Crippen LogP contribution in [-0.4, -0.2) is 20.8 Å². The maximum Gasteiger partial charge on any atom is 0.212 e. The van der Waals surface area contributed by atoms with Crippen LogP contribution in [-0.2, 0) is 16.4 Å². The topological polar surface area (TPSA) is 55.4 Å². The summed E-state index contributed by atoms with van der Waals surface area (Å²) in [6.07, 6.45) is 1.37. The summed E-state index contributed by atoms with van der Waals surface area (Å²) < 4.78 is 32.7. The van der Waals surface area contributed by atoms with Gasteiger partial charge in [-0.2, -0.15) is 0 Å². The molecule has 3 rings (SSSR count). The van der Waals surface area contributed by atoms with E-state index in [1.807, 2.05) is 54.6 Å². The Morgan fingerprint density at radius 1 is 1.05 bits per heavy atom. The third-order valence-electron chi connectivity index (χ3n) is 3.74. The highest BCUT2D eigenvalue weighted by Gasteiger charge is 2.27. The molecule has 0 spiro atoms. The van der Waals surface area contributed by atoms with Crippen molar-refractivity contribution in [2.75, 3.05) is 12.4 Å². The molecule has 2 aromatic carbocycles. The molecule has 1 N–H and O–H groups in total. The fraction of sp³-hybridized carbons (Fsp3) is 0.294. The second kappa shape index (κ2) is 6.50. The maximum atomic E-state index is 12.2. The monoisotopic (exact) mass is 317 g/mol. The lowest BCUT2D eigenvalue weighted by atomic mass is 10.1. The Balaban J connectivity index is 1.56. The number of hydrogen-bond donors (Lipinski definition) is 1. The first kappa shape index (κ1) is 15.1. The second-order valence-electron chi connectivity index (χ2n) is 5.43. The molecule has 1 unspecified atom stereocenters. The Hall–Kier alpha value is -1.85. The third-order valence-corrected chi connectivity index (χ3v) is 5.21. The molecule has 1 heterocycles. The summed E-state index contributed by atoms with van der Waals surface area (Å²) in [4.78, 5) is 0. The van der Waals surface area contributed by atoms with E-state index in [0.717, 1.165) is 23.3 Å². The number of rotatable bonds is 6. The average molecular weight is 317 g/mol. The fourth-order valence-corrected chi connectivity index (χ4v) is 3.92. The number of fused-ring (bicyclic) bond motifs is 1. The van der Waals surface area contributed by atoms with Gasteiger partial charge in [-0.1, -0.05) is 48.5 Å². The van der Waals surface area contributed by atoms with Crippen LogP contribution in [0.4, 0.5) is 0 Å². The normalized spacial score (nSPS) is 17.0. The highest BCUT2D eigenvalue weighted by Crippen LogP contribution is 2.32. The van der Waals surface area contributed by atoms with Crippen molar-refractivity contribution in [3.05, 3.63) is 65.7 Å². The van der Waals surface area contributed by atoms with Gasteiger partial charge in [0, 0.05) is 5.56 Å². The largest absolute Gasteiger partial charge is 0.491 e. The number of benzene rings is 2. The van der Waals surface area contributed by atoms with Gasteiger partial charge in [-0.05, 0) is 24.5 Å². The molecule has 22 heavy (non-hydrogen) atoms. The Labute approximate surface area is 131 Å². The summed E-state index contributed by atoms with van der Waals surface area (Å²) in [5.74, 6) is 0.889. The molecule has 0 saturated carbocycles.